The molecule has 49 heavy (non-hydrogen) atoms. The van der Waals surface area contributed by atoms with Crippen molar-refractivity contribution in [2.45, 2.75) is 88.7 Å². The minimum Gasteiger partial charge on any atom is -0.497 e. The quantitative estimate of drug-likeness (QED) is 0.192. The van der Waals surface area contributed by atoms with E-state index in [0.717, 1.165) is 5.56 Å². The summed E-state index contributed by atoms with van der Waals surface area (Å²) in [5, 5.41) is 28.2. The van der Waals surface area contributed by atoms with Crippen molar-refractivity contribution in [2.24, 2.45) is 5.92 Å². The third kappa shape index (κ3) is 10.3. The van der Waals surface area contributed by atoms with Crippen LogP contribution in [0.1, 0.15) is 86.7 Å². The molecule has 4 rings (SSSR count). The minimum absolute atomic E-state index is 0.0459. The second kappa shape index (κ2) is 16.2. The van der Waals surface area contributed by atoms with E-state index in [-0.39, 0.29) is 35.9 Å². The molecule has 0 aliphatic heterocycles. The molecule has 266 valence electrons. The van der Waals surface area contributed by atoms with Crippen LogP contribution in [-0.4, -0.2) is 72.9 Å². The summed E-state index contributed by atoms with van der Waals surface area (Å²) < 4.78 is 39.5. The van der Waals surface area contributed by atoms with Gasteiger partial charge in [-0.15, -0.1) is 0 Å². The van der Waals surface area contributed by atoms with Gasteiger partial charge in [0.05, 0.1) is 36.3 Å². The van der Waals surface area contributed by atoms with Crippen molar-refractivity contribution in [3.05, 3.63) is 95.1 Å². The van der Waals surface area contributed by atoms with Gasteiger partial charge in [0.25, 0.3) is 5.91 Å². The maximum absolute atomic E-state index is 13.8. The Labute approximate surface area is 289 Å². The number of aliphatic hydroxyl groups excluding tert-OH is 2. The van der Waals surface area contributed by atoms with E-state index in [1.807, 2.05) is 44.2 Å². The molecule has 0 bridgehead atoms. The van der Waals surface area contributed by atoms with Crippen LogP contribution in [0.2, 0.25) is 0 Å². The largest absolute Gasteiger partial charge is 0.497 e. The topological polar surface area (TPSA) is 154 Å². The first-order valence-corrected chi connectivity index (χ1v) is 18.0. The molecule has 4 N–H and O–H groups in total. The number of sulfonamides is 1. The predicted molar refractivity (Wildman–Crippen MR) is 187 cm³/mol. The van der Waals surface area contributed by atoms with Gasteiger partial charge in [-0.05, 0) is 99.0 Å². The van der Waals surface area contributed by atoms with E-state index in [2.05, 4.69) is 10.6 Å². The van der Waals surface area contributed by atoms with Gasteiger partial charge in [-0.1, -0.05) is 50.2 Å². The zero-order chi connectivity index (χ0) is 35.9. The lowest BCUT2D eigenvalue weighted by Gasteiger charge is -2.32. The van der Waals surface area contributed by atoms with Gasteiger partial charge < -0.3 is 30.3 Å². The van der Waals surface area contributed by atoms with Gasteiger partial charge in [0.2, 0.25) is 10.0 Å². The molecule has 0 heterocycles. The summed E-state index contributed by atoms with van der Waals surface area (Å²) >= 11 is 0. The van der Waals surface area contributed by atoms with Gasteiger partial charge in [-0.25, -0.2) is 13.2 Å². The van der Waals surface area contributed by atoms with E-state index in [1.165, 1.54) is 23.5 Å². The molecule has 3 aromatic rings. The lowest BCUT2D eigenvalue weighted by Crippen LogP contribution is -2.51. The lowest BCUT2D eigenvalue weighted by atomic mass is 9.84. The number of carbonyl (C=O) groups excluding carboxylic acids is 2. The Bertz CT molecular complexity index is 1670. The molecule has 2 amide bonds. The second-order valence-electron chi connectivity index (χ2n) is 13.9. The van der Waals surface area contributed by atoms with Crippen molar-refractivity contribution in [3.8, 4) is 5.75 Å². The predicted octanol–water partition coefficient (Wildman–Crippen LogP) is 5.14. The van der Waals surface area contributed by atoms with Crippen LogP contribution in [0.3, 0.4) is 0 Å². The molecule has 3 aromatic carbocycles. The molecule has 1 aliphatic rings. The van der Waals surface area contributed by atoms with E-state index in [0.29, 0.717) is 29.7 Å². The number of hydrogen-bond donors (Lipinski definition) is 4. The van der Waals surface area contributed by atoms with E-state index >= 15 is 0 Å². The molecule has 12 heteroatoms. The highest BCUT2D eigenvalue weighted by atomic mass is 32.2. The molecule has 11 nitrogen and oxygen atoms in total. The molecule has 1 aliphatic carbocycles. The molecule has 0 radical (unpaired) electrons. The van der Waals surface area contributed by atoms with Crippen molar-refractivity contribution >= 4 is 22.0 Å². The molecule has 0 saturated heterocycles. The van der Waals surface area contributed by atoms with Crippen LogP contribution in [-0.2, 0) is 21.2 Å². The van der Waals surface area contributed by atoms with Crippen molar-refractivity contribution in [1.29, 1.82) is 0 Å². The monoisotopic (exact) mass is 695 g/mol. The number of aliphatic hydroxyl groups is 2. The standard InChI is InChI=1S/C37H49N3O8S/c1-24(2)22-40(49(45,46)28-15-13-27(47-6)14-16-28)23-34(42)32(20-25-10-8-7-9-11-25)38-35(43)26-12-17-29-30(21-26)31(18-19-33(29)41)39-36(44)48-37(3,4)5/h7-17,21,24,31-34,41-42H,18-20,22-23H2,1-6H3,(H,38,43)(H,39,44)/t31-,32+,33+,34-/m1/s1. The zero-order valence-corrected chi connectivity index (χ0v) is 29.9. The van der Waals surface area contributed by atoms with Crippen LogP contribution in [0.15, 0.2) is 77.7 Å². The Kier molecular flexibility index (Phi) is 12.5. The number of benzene rings is 3. The highest BCUT2D eigenvalue weighted by molar-refractivity contribution is 7.89. The van der Waals surface area contributed by atoms with Crippen LogP contribution in [0, 0.1) is 5.92 Å². The average Bonchev–Trinajstić information content (AvgIpc) is 3.04. The SMILES string of the molecule is COc1ccc(S(=O)(=O)N(CC(C)C)C[C@@H](O)[C@H](Cc2ccccc2)NC(=O)c2ccc3c(c2)[C@H](NC(=O)OC(C)(C)C)CC[C@@H]3O)cc1. The number of rotatable bonds is 13. The van der Waals surface area contributed by atoms with Crippen LogP contribution < -0.4 is 15.4 Å². The van der Waals surface area contributed by atoms with Gasteiger partial charge in [-0.3, -0.25) is 4.79 Å². The zero-order valence-electron chi connectivity index (χ0n) is 29.0. The third-order valence-corrected chi connectivity index (χ3v) is 10.1. The number of nitrogens with zero attached hydrogens (tertiary/aromatic N) is 1. The Morgan fingerprint density at radius 2 is 1.63 bits per heavy atom. The summed E-state index contributed by atoms with van der Waals surface area (Å²) in [5.41, 5.74) is 1.62. The summed E-state index contributed by atoms with van der Waals surface area (Å²) in [7, 11) is -2.51. The first kappa shape index (κ1) is 37.8. The fourth-order valence-corrected chi connectivity index (χ4v) is 7.49. The van der Waals surface area contributed by atoms with E-state index in [9.17, 15) is 28.2 Å². The Morgan fingerprint density at radius 3 is 2.24 bits per heavy atom. The number of hydrogen-bond acceptors (Lipinski definition) is 8. The lowest BCUT2D eigenvalue weighted by molar-refractivity contribution is 0.0485. The number of carbonyl (C=O) groups is 2. The average molecular weight is 696 g/mol. The maximum atomic E-state index is 13.8. The first-order chi connectivity index (χ1) is 23.1. The van der Waals surface area contributed by atoms with E-state index in [1.54, 1.807) is 51.1 Å². The maximum Gasteiger partial charge on any atom is 0.408 e. The van der Waals surface area contributed by atoms with Crippen LogP contribution in [0.4, 0.5) is 4.79 Å². The van der Waals surface area contributed by atoms with Crippen molar-refractivity contribution < 1.29 is 37.7 Å². The van der Waals surface area contributed by atoms with Crippen LogP contribution in [0.5, 0.6) is 5.75 Å². The molecule has 4 atom stereocenters. The normalized spacial score (nSPS) is 17.6. The smallest absolute Gasteiger partial charge is 0.408 e. The fourth-order valence-electron chi connectivity index (χ4n) is 5.87. The highest BCUT2D eigenvalue weighted by Gasteiger charge is 2.33. The van der Waals surface area contributed by atoms with Gasteiger partial charge in [0.15, 0.2) is 0 Å². The number of nitrogens with one attached hydrogen (secondary N) is 2. The Balaban J connectivity index is 1.61. The second-order valence-corrected chi connectivity index (χ2v) is 15.8. The minimum atomic E-state index is -4.01. The summed E-state index contributed by atoms with van der Waals surface area (Å²) in [4.78, 5) is 26.5. The summed E-state index contributed by atoms with van der Waals surface area (Å²) in [5.74, 6) is -0.0218. The summed E-state index contributed by atoms with van der Waals surface area (Å²) in [6.45, 7) is 8.98. The van der Waals surface area contributed by atoms with Gasteiger partial charge in [-0.2, -0.15) is 4.31 Å². The molecular formula is C37H49N3O8S. The van der Waals surface area contributed by atoms with Crippen molar-refractivity contribution in [2.75, 3.05) is 20.2 Å². The molecule has 0 fully saturated rings. The van der Waals surface area contributed by atoms with Crippen LogP contribution in [0.25, 0.3) is 0 Å². The Hall–Kier alpha value is -3.97. The number of amides is 2. The number of methoxy groups -OCH3 is 1. The molecule has 0 aromatic heterocycles. The van der Waals surface area contributed by atoms with Gasteiger partial charge in [0, 0.05) is 18.7 Å². The first-order valence-electron chi connectivity index (χ1n) is 16.6. The number of alkyl carbamates (subject to hydrolysis) is 1. The van der Waals surface area contributed by atoms with Gasteiger partial charge >= 0.3 is 6.09 Å². The number of fused-ring (bicyclic) bond motifs is 1. The Morgan fingerprint density at radius 1 is 0.959 bits per heavy atom. The molecular weight excluding hydrogens is 646 g/mol. The third-order valence-electron chi connectivity index (χ3n) is 8.24. The van der Waals surface area contributed by atoms with Crippen molar-refractivity contribution in [3.63, 3.8) is 0 Å². The molecule has 0 saturated carbocycles. The van der Waals surface area contributed by atoms with Crippen molar-refractivity contribution in [1.82, 2.24) is 14.9 Å². The van der Waals surface area contributed by atoms with Gasteiger partial charge in [0.1, 0.15) is 11.4 Å². The molecule has 0 unspecified atom stereocenters. The number of ether oxygens (including phenoxy) is 2. The summed E-state index contributed by atoms with van der Waals surface area (Å²) in [6.07, 6.45) is -1.53. The van der Waals surface area contributed by atoms with E-state index in [4.69, 9.17) is 9.47 Å². The fraction of sp³-hybridized carbons (Fsp3) is 0.459. The van der Waals surface area contributed by atoms with Crippen LogP contribution >= 0.6 is 0 Å². The summed E-state index contributed by atoms with van der Waals surface area (Å²) in [6, 6.07) is 18.9. The van der Waals surface area contributed by atoms with E-state index < -0.39 is 51.9 Å². The molecule has 0 spiro atoms. The highest BCUT2D eigenvalue weighted by Crippen LogP contribution is 2.37.